The van der Waals surface area contributed by atoms with Gasteiger partial charge in [-0.1, -0.05) is 6.92 Å². The minimum Gasteiger partial charge on any atom is -0.497 e. The highest BCUT2D eigenvalue weighted by atomic mass is 16.5. The molecule has 0 radical (unpaired) electrons. The zero-order chi connectivity index (χ0) is 13.4. The van der Waals surface area contributed by atoms with Crippen molar-refractivity contribution in [3.63, 3.8) is 0 Å². The van der Waals surface area contributed by atoms with Gasteiger partial charge in [-0.15, -0.1) is 0 Å². The molecule has 0 unspecified atom stereocenters. The Balaban J connectivity index is 2.46. The van der Waals surface area contributed by atoms with E-state index in [1.807, 2.05) is 13.0 Å². The maximum absolute atomic E-state index is 11.9. The first kappa shape index (κ1) is 14.5. The molecule has 18 heavy (non-hydrogen) atoms. The van der Waals surface area contributed by atoms with Crippen LogP contribution in [0.2, 0.25) is 0 Å². The van der Waals surface area contributed by atoms with Crippen LogP contribution in [0.5, 0.6) is 5.75 Å². The minimum absolute atomic E-state index is 0.0338. The van der Waals surface area contributed by atoms with E-state index in [0.717, 1.165) is 30.8 Å². The third-order valence-corrected chi connectivity index (χ3v) is 2.69. The molecule has 0 aliphatic rings. The first-order valence-corrected chi connectivity index (χ1v) is 6.32. The average molecular weight is 250 g/mol. The summed E-state index contributed by atoms with van der Waals surface area (Å²) in [5, 5.41) is 6.13. The lowest BCUT2D eigenvalue weighted by atomic mass is 10.1. The summed E-state index contributed by atoms with van der Waals surface area (Å²) in [5.41, 5.74) is 1.62. The Morgan fingerprint density at radius 2 is 2.06 bits per heavy atom. The van der Waals surface area contributed by atoms with Gasteiger partial charge in [0.15, 0.2) is 0 Å². The lowest BCUT2D eigenvalue weighted by Gasteiger charge is -2.09. The van der Waals surface area contributed by atoms with Crippen molar-refractivity contribution < 1.29 is 9.53 Å². The van der Waals surface area contributed by atoms with Crippen molar-refractivity contribution in [2.45, 2.75) is 20.3 Å². The summed E-state index contributed by atoms with van der Waals surface area (Å²) in [5.74, 6) is 0.738. The molecule has 0 aliphatic heterocycles. The van der Waals surface area contributed by atoms with Crippen molar-refractivity contribution in [1.82, 2.24) is 10.6 Å². The number of carbonyl (C=O) groups is 1. The predicted molar refractivity (Wildman–Crippen MR) is 73.2 cm³/mol. The molecule has 0 saturated heterocycles. The van der Waals surface area contributed by atoms with Gasteiger partial charge >= 0.3 is 0 Å². The van der Waals surface area contributed by atoms with E-state index in [4.69, 9.17) is 4.74 Å². The topological polar surface area (TPSA) is 50.4 Å². The second-order valence-corrected chi connectivity index (χ2v) is 4.19. The van der Waals surface area contributed by atoms with Gasteiger partial charge in [0.05, 0.1) is 7.11 Å². The van der Waals surface area contributed by atoms with E-state index in [9.17, 15) is 4.79 Å². The highest BCUT2D eigenvalue weighted by Crippen LogP contribution is 2.16. The van der Waals surface area contributed by atoms with Gasteiger partial charge in [0.1, 0.15) is 5.75 Å². The largest absolute Gasteiger partial charge is 0.497 e. The van der Waals surface area contributed by atoms with Crippen LogP contribution in [0.4, 0.5) is 0 Å². The average Bonchev–Trinajstić information content (AvgIpc) is 2.38. The Labute approximate surface area is 109 Å². The van der Waals surface area contributed by atoms with Gasteiger partial charge in [-0.2, -0.15) is 0 Å². The van der Waals surface area contributed by atoms with E-state index in [-0.39, 0.29) is 5.91 Å². The number of ether oxygens (including phenoxy) is 1. The van der Waals surface area contributed by atoms with E-state index in [1.54, 1.807) is 19.2 Å². The number of benzene rings is 1. The van der Waals surface area contributed by atoms with E-state index < -0.39 is 0 Å². The van der Waals surface area contributed by atoms with E-state index in [1.165, 1.54) is 0 Å². The molecule has 4 heteroatoms. The fourth-order valence-corrected chi connectivity index (χ4v) is 1.68. The molecule has 0 aliphatic carbocycles. The predicted octanol–water partition coefficient (Wildman–Crippen LogP) is 1.73. The lowest BCUT2D eigenvalue weighted by Crippen LogP contribution is -2.32. The van der Waals surface area contributed by atoms with Crippen molar-refractivity contribution >= 4 is 5.91 Å². The first-order chi connectivity index (χ1) is 8.69. The van der Waals surface area contributed by atoms with Crippen molar-refractivity contribution in [2.24, 2.45) is 0 Å². The third-order valence-electron chi connectivity index (χ3n) is 2.69. The Morgan fingerprint density at radius 1 is 1.28 bits per heavy atom. The van der Waals surface area contributed by atoms with Gasteiger partial charge in [-0.3, -0.25) is 4.79 Å². The summed E-state index contributed by atoms with van der Waals surface area (Å²) in [6.45, 7) is 6.45. The molecule has 0 saturated carbocycles. The van der Waals surface area contributed by atoms with Gasteiger partial charge in [-0.05, 0) is 43.7 Å². The first-order valence-electron chi connectivity index (χ1n) is 6.32. The fourth-order valence-electron chi connectivity index (χ4n) is 1.68. The van der Waals surface area contributed by atoms with Crippen LogP contribution in [0.3, 0.4) is 0 Å². The van der Waals surface area contributed by atoms with Crippen LogP contribution >= 0.6 is 0 Å². The number of rotatable bonds is 7. The number of amides is 1. The van der Waals surface area contributed by atoms with Gasteiger partial charge in [0.2, 0.25) is 0 Å². The summed E-state index contributed by atoms with van der Waals surface area (Å²) in [7, 11) is 1.62. The number of carbonyl (C=O) groups excluding carboxylic acids is 1. The zero-order valence-electron chi connectivity index (χ0n) is 11.4. The smallest absolute Gasteiger partial charge is 0.251 e. The number of aryl methyl sites for hydroxylation is 1. The standard InChI is InChI=1S/C14H22N2O2/c1-4-7-15-8-9-16-14(17)13-6-5-12(18-3)10-11(13)2/h5-6,10,15H,4,7-9H2,1-3H3,(H,16,17). The molecule has 0 fully saturated rings. The van der Waals surface area contributed by atoms with Crippen LogP contribution in [0.1, 0.15) is 29.3 Å². The molecule has 4 nitrogen and oxygen atoms in total. The van der Waals surface area contributed by atoms with Crippen LogP contribution in [-0.4, -0.2) is 32.7 Å². The van der Waals surface area contributed by atoms with E-state index in [2.05, 4.69) is 17.6 Å². The summed E-state index contributed by atoms with van der Waals surface area (Å²) in [4.78, 5) is 11.9. The summed E-state index contributed by atoms with van der Waals surface area (Å²) in [6, 6.07) is 5.46. The second kappa shape index (κ2) is 7.71. The van der Waals surface area contributed by atoms with Crippen molar-refractivity contribution in [3.8, 4) is 5.75 Å². The summed E-state index contributed by atoms with van der Waals surface area (Å²) in [6.07, 6.45) is 1.10. The molecule has 1 rings (SSSR count). The SMILES string of the molecule is CCCNCCNC(=O)c1ccc(OC)cc1C. The molecular formula is C14H22N2O2. The third kappa shape index (κ3) is 4.37. The normalized spacial score (nSPS) is 10.2. The zero-order valence-corrected chi connectivity index (χ0v) is 11.4. The highest BCUT2D eigenvalue weighted by Gasteiger charge is 2.08. The minimum atomic E-state index is -0.0338. The Hall–Kier alpha value is -1.55. The van der Waals surface area contributed by atoms with E-state index in [0.29, 0.717) is 12.1 Å². The summed E-state index contributed by atoms with van der Waals surface area (Å²) < 4.78 is 5.11. The molecule has 0 bridgehead atoms. The maximum atomic E-state index is 11.9. The van der Waals surface area contributed by atoms with Gasteiger partial charge < -0.3 is 15.4 Å². The Bertz CT molecular complexity index is 391. The van der Waals surface area contributed by atoms with Gasteiger partial charge in [-0.25, -0.2) is 0 Å². The molecule has 1 aromatic rings. The molecule has 0 atom stereocenters. The van der Waals surface area contributed by atoms with Crippen molar-refractivity contribution in [1.29, 1.82) is 0 Å². The fraction of sp³-hybridized carbons (Fsp3) is 0.500. The Kier molecular flexibility index (Phi) is 6.22. The number of nitrogens with one attached hydrogen (secondary N) is 2. The van der Waals surface area contributed by atoms with Crippen molar-refractivity contribution in [2.75, 3.05) is 26.7 Å². The molecular weight excluding hydrogens is 228 g/mol. The maximum Gasteiger partial charge on any atom is 0.251 e. The van der Waals surface area contributed by atoms with Crippen molar-refractivity contribution in [3.05, 3.63) is 29.3 Å². The number of hydrogen-bond acceptors (Lipinski definition) is 3. The molecule has 2 N–H and O–H groups in total. The van der Waals surface area contributed by atoms with Crippen LogP contribution in [0, 0.1) is 6.92 Å². The molecule has 1 amide bonds. The number of methoxy groups -OCH3 is 1. The quantitative estimate of drug-likeness (QED) is 0.725. The molecule has 100 valence electrons. The number of hydrogen-bond donors (Lipinski definition) is 2. The Morgan fingerprint density at radius 3 is 2.67 bits per heavy atom. The van der Waals surface area contributed by atoms with Crippen LogP contribution < -0.4 is 15.4 Å². The summed E-state index contributed by atoms with van der Waals surface area (Å²) >= 11 is 0. The van der Waals surface area contributed by atoms with Crippen LogP contribution in [0.15, 0.2) is 18.2 Å². The lowest BCUT2D eigenvalue weighted by molar-refractivity contribution is 0.0953. The monoisotopic (exact) mass is 250 g/mol. The second-order valence-electron chi connectivity index (χ2n) is 4.19. The molecule has 0 heterocycles. The van der Waals surface area contributed by atoms with Gasteiger partial charge in [0, 0.05) is 18.7 Å². The van der Waals surface area contributed by atoms with Crippen LogP contribution in [0.25, 0.3) is 0 Å². The molecule has 0 aromatic heterocycles. The molecule has 1 aromatic carbocycles. The highest BCUT2D eigenvalue weighted by molar-refractivity contribution is 5.95. The van der Waals surface area contributed by atoms with Gasteiger partial charge in [0.25, 0.3) is 5.91 Å². The molecule has 0 spiro atoms. The van der Waals surface area contributed by atoms with E-state index >= 15 is 0 Å². The van der Waals surface area contributed by atoms with Crippen LogP contribution in [-0.2, 0) is 0 Å².